The van der Waals surface area contributed by atoms with Crippen LogP contribution in [0.5, 0.6) is 0 Å². The van der Waals surface area contributed by atoms with Crippen LogP contribution in [-0.4, -0.2) is 22.0 Å². The average molecular weight is 223 g/mol. The molecule has 0 aliphatic heterocycles. The van der Waals surface area contributed by atoms with E-state index in [9.17, 15) is 4.39 Å². The summed E-state index contributed by atoms with van der Waals surface area (Å²) in [5, 5.41) is 0.907. The van der Waals surface area contributed by atoms with Gasteiger partial charge in [-0.15, -0.1) is 11.6 Å². The number of nitrogens with zero attached hydrogens (tertiary/aromatic N) is 2. The van der Waals surface area contributed by atoms with Gasteiger partial charge in [-0.25, -0.2) is 4.98 Å². The minimum atomic E-state index is -0.264. The average Bonchev–Trinajstić information content (AvgIpc) is 2.48. The van der Waals surface area contributed by atoms with Crippen LogP contribution in [-0.2, 0) is 12.9 Å². The minimum Gasteiger partial charge on any atom is -0.325 e. The first-order valence-electron chi connectivity index (χ1n) is 4.05. The Balaban J connectivity index is 2.51. The van der Waals surface area contributed by atoms with Crippen LogP contribution in [0.4, 0.5) is 4.39 Å². The number of halogens is 2. The van der Waals surface area contributed by atoms with E-state index in [2.05, 4.69) is 4.98 Å². The van der Waals surface area contributed by atoms with Gasteiger partial charge in [-0.05, 0) is 6.42 Å². The lowest BCUT2D eigenvalue weighted by atomic mass is 10.5. The Bertz CT molecular complexity index is 265. The van der Waals surface area contributed by atoms with Crippen LogP contribution in [0.15, 0.2) is 11.4 Å². The Morgan fingerprint density at radius 1 is 1.69 bits per heavy atom. The fourth-order valence-corrected chi connectivity index (χ4v) is 2.02. The third-order valence-corrected chi connectivity index (χ3v) is 3.09. The van der Waals surface area contributed by atoms with Crippen LogP contribution < -0.4 is 0 Å². The molecule has 0 spiro atoms. The maximum Gasteiger partial charge on any atom is 0.167 e. The first kappa shape index (κ1) is 10.9. The predicted molar refractivity (Wildman–Crippen MR) is 54.1 cm³/mol. The van der Waals surface area contributed by atoms with Crippen molar-refractivity contribution in [2.45, 2.75) is 17.5 Å². The third-order valence-electron chi connectivity index (χ3n) is 1.69. The first-order chi connectivity index (χ1) is 6.29. The molecule has 1 heterocycles. The van der Waals surface area contributed by atoms with E-state index in [4.69, 9.17) is 11.6 Å². The lowest BCUT2D eigenvalue weighted by Gasteiger charge is -2.01. The molecule has 0 fully saturated rings. The first-order valence-corrected chi connectivity index (χ1v) is 5.57. The monoisotopic (exact) mass is 222 g/mol. The smallest absolute Gasteiger partial charge is 0.167 e. The van der Waals surface area contributed by atoms with Crippen molar-refractivity contribution in [3.63, 3.8) is 0 Å². The third kappa shape index (κ3) is 2.88. The molecule has 0 atom stereocenters. The van der Waals surface area contributed by atoms with E-state index in [1.165, 1.54) is 0 Å². The zero-order chi connectivity index (χ0) is 9.68. The predicted octanol–water partition coefficient (Wildman–Crippen LogP) is 2.61. The van der Waals surface area contributed by atoms with E-state index in [1.54, 1.807) is 18.0 Å². The Labute approximate surface area is 86.5 Å². The minimum absolute atomic E-state index is 0.264. The van der Waals surface area contributed by atoms with Gasteiger partial charge in [-0.3, -0.25) is 4.39 Å². The summed E-state index contributed by atoms with van der Waals surface area (Å²) in [6.45, 7) is -0.264. The summed E-state index contributed by atoms with van der Waals surface area (Å²) in [5.74, 6) is 1.23. The topological polar surface area (TPSA) is 17.8 Å². The van der Waals surface area contributed by atoms with Crippen LogP contribution in [0, 0.1) is 0 Å². The van der Waals surface area contributed by atoms with Crippen molar-refractivity contribution in [3.8, 4) is 0 Å². The van der Waals surface area contributed by atoms with E-state index in [-0.39, 0.29) is 6.67 Å². The largest absolute Gasteiger partial charge is 0.325 e. The molecule has 0 aromatic carbocycles. The molecule has 0 amide bonds. The molecule has 0 radical (unpaired) electrons. The lowest BCUT2D eigenvalue weighted by molar-refractivity contribution is 0.489. The number of rotatable bonds is 5. The van der Waals surface area contributed by atoms with Crippen LogP contribution in [0.1, 0.15) is 12.1 Å². The van der Waals surface area contributed by atoms with E-state index >= 15 is 0 Å². The van der Waals surface area contributed by atoms with Gasteiger partial charge in [0.1, 0.15) is 0 Å². The van der Waals surface area contributed by atoms with Crippen molar-refractivity contribution in [1.82, 2.24) is 9.55 Å². The molecular weight excluding hydrogens is 211 g/mol. The SMILES string of the molecule is Cn1c(CCl)cnc1SCCCF. The maximum absolute atomic E-state index is 11.8. The van der Waals surface area contributed by atoms with Gasteiger partial charge in [0.25, 0.3) is 0 Å². The number of aromatic nitrogens is 2. The van der Waals surface area contributed by atoms with Gasteiger partial charge in [0, 0.05) is 12.8 Å². The quantitative estimate of drug-likeness (QED) is 0.433. The fourth-order valence-electron chi connectivity index (χ4n) is 0.902. The van der Waals surface area contributed by atoms with Crippen LogP contribution in [0.3, 0.4) is 0 Å². The van der Waals surface area contributed by atoms with Crippen molar-refractivity contribution >= 4 is 23.4 Å². The van der Waals surface area contributed by atoms with Crippen LogP contribution in [0.25, 0.3) is 0 Å². The molecule has 1 aromatic rings. The second kappa shape index (κ2) is 5.50. The zero-order valence-electron chi connectivity index (χ0n) is 7.46. The van der Waals surface area contributed by atoms with Gasteiger partial charge in [-0.1, -0.05) is 11.8 Å². The van der Waals surface area contributed by atoms with E-state index in [0.717, 1.165) is 16.6 Å². The van der Waals surface area contributed by atoms with Crippen molar-refractivity contribution < 1.29 is 4.39 Å². The fraction of sp³-hybridized carbons (Fsp3) is 0.625. The van der Waals surface area contributed by atoms with E-state index in [0.29, 0.717) is 12.3 Å². The molecule has 0 aliphatic rings. The zero-order valence-corrected chi connectivity index (χ0v) is 9.04. The summed E-state index contributed by atoms with van der Waals surface area (Å²) in [5.41, 5.74) is 0.990. The van der Waals surface area contributed by atoms with Gasteiger partial charge in [0.2, 0.25) is 0 Å². The van der Waals surface area contributed by atoms with Crippen molar-refractivity contribution in [3.05, 3.63) is 11.9 Å². The van der Waals surface area contributed by atoms with Gasteiger partial charge < -0.3 is 4.57 Å². The summed E-state index contributed by atoms with van der Waals surface area (Å²) >= 11 is 7.24. The van der Waals surface area contributed by atoms with Crippen molar-refractivity contribution in [2.24, 2.45) is 7.05 Å². The number of alkyl halides is 2. The van der Waals surface area contributed by atoms with Crippen LogP contribution in [0.2, 0.25) is 0 Å². The second-order valence-electron chi connectivity index (χ2n) is 2.62. The molecule has 1 rings (SSSR count). The molecule has 0 aliphatic carbocycles. The highest BCUT2D eigenvalue weighted by molar-refractivity contribution is 7.99. The van der Waals surface area contributed by atoms with Gasteiger partial charge in [0.15, 0.2) is 5.16 Å². The molecule has 13 heavy (non-hydrogen) atoms. The Morgan fingerprint density at radius 3 is 3.00 bits per heavy atom. The summed E-state index contributed by atoms with van der Waals surface area (Å²) in [4.78, 5) is 4.18. The highest BCUT2D eigenvalue weighted by Gasteiger charge is 2.04. The van der Waals surface area contributed by atoms with Crippen molar-refractivity contribution in [2.75, 3.05) is 12.4 Å². The van der Waals surface area contributed by atoms with Gasteiger partial charge in [-0.2, -0.15) is 0 Å². The summed E-state index contributed by atoms with van der Waals surface area (Å²) in [6, 6.07) is 0. The molecule has 0 saturated carbocycles. The number of imidazole rings is 1. The van der Waals surface area contributed by atoms with E-state index in [1.807, 2.05) is 11.6 Å². The van der Waals surface area contributed by atoms with Gasteiger partial charge in [0.05, 0.1) is 24.4 Å². The van der Waals surface area contributed by atoms with Gasteiger partial charge >= 0.3 is 0 Å². The Hall–Kier alpha value is -0.220. The number of thioether (sulfide) groups is 1. The highest BCUT2D eigenvalue weighted by atomic mass is 35.5. The maximum atomic E-state index is 11.8. The summed E-state index contributed by atoms with van der Waals surface area (Å²) in [7, 11) is 1.92. The number of hydrogen-bond donors (Lipinski definition) is 0. The Morgan fingerprint density at radius 2 is 2.46 bits per heavy atom. The molecule has 0 unspecified atom stereocenters. The highest BCUT2D eigenvalue weighted by Crippen LogP contribution is 2.18. The summed E-state index contributed by atoms with van der Waals surface area (Å²) < 4.78 is 13.7. The van der Waals surface area contributed by atoms with Crippen LogP contribution >= 0.6 is 23.4 Å². The molecule has 74 valence electrons. The molecule has 0 N–H and O–H groups in total. The Kier molecular flexibility index (Phi) is 4.59. The molecule has 0 saturated heterocycles. The molecular formula is C8H12ClFN2S. The van der Waals surface area contributed by atoms with E-state index < -0.39 is 0 Å². The molecule has 0 bridgehead atoms. The number of hydrogen-bond acceptors (Lipinski definition) is 2. The van der Waals surface area contributed by atoms with Crippen molar-refractivity contribution in [1.29, 1.82) is 0 Å². The molecule has 2 nitrogen and oxygen atoms in total. The second-order valence-corrected chi connectivity index (χ2v) is 3.95. The lowest BCUT2D eigenvalue weighted by Crippen LogP contribution is -1.96. The normalized spacial score (nSPS) is 10.7. The standard InChI is InChI=1S/C8H12ClFN2S/c1-12-7(5-9)6-11-8(12)13-4-2-3-10/h6H,2-5H2,1H3. The molecule has 1 aromatic heterocycles. The summed E-state index contributed by atoms with van der Waals surface area (Å²) in [6.07, 6.45) is 2.33. The molecule has 5 heteroatoms.